The van der Waals surface area contributed by atoms with Gasteiger partial charge in [0, 0.05) is 18.5 Å². The topological polar surface area (TPSA) is 39.9 Å². The van der Waals surface area contributed by atoms with E-state index in [4.69, 9.17) is 4.98 Å². The number of aromatic nitrogens is 1. The van der Waals surface area contributed by atoms with E-state index in [-0.39, 0.29) is 0 Å². The Balaban J connectivity index is 1.76. The van der Waals surface area contributed by atoms with Crippen molar-refractivity contribution in [3.05, 3.63) is 35.9 Å². The zero-order chi connectivity index (χ0) is 13.5. The van der Waals surface area contributed by atoms with Gasteiger partial charge in [0.2, 0.25) is 0 Å². The zero-order valence-electron chi connectivity index (χ0n) is 11.4. The summed E-state index contributed by atoms with van der Waals surface area (Å²) >= 11 is 0. The van der Waals surface area contributed by atoms with Gasteiger partial charge < -0.3 is 4.90 Å². The van der Waals surface area contributed by atoms with E-state index < -0.39 is 0 Å². The Morgan fingerprint density at radius 3 is 2.65 bits per heavy atom. The normalized spacial score (nSPS) is 24.9. The highest BCUT2D eigenvalue weighted by molar-refractivity contribution is 5.86. The van der Waals surface area contributed by atoms with Gasteiger partial charge in [0.1, 0.15) is 5.82 Å². The highest BCUT2D eigenvalue weighted by atomic mass is 15.2. The van der Waals surface area contributed by atoms with Crippen LogP contribution in [0.1, 0.15) is 24.8 Å². The molecule has 2 aromatic rings. The Bertz CT molecular complexity index is 689. The molecule has 2 aliphatic rings. The summed E-state index contributed by atoms with van der Waals surface area (Å²) < 4.78 is 0. The molecule has 1 aliphatic carbocycles. The SMILES string of the molecule is N#Cc1cc(N2CC3CCCC3C2)nc2ccccc12. The van der Waals surface area contributed by atoms with Crippen molar-refractivity contribution < 1.29 is 0 Å². The van der Waals surface area contributed by atoms with Crippen LogP contribution in [0, 0.1) is 23.2 Å². The quantitative estimate of drug-likeness (QED) is 0.792. The van der Waals surface area contributed by atoms with E-state index in [1.165, 1.54) is 19.3 Å². The Morgan fingerprint density at radius 2 is 1.90 bits per heavy atom. The van der Waals surface area contributed by atoms with Crippen molar-refractivity contribution in [3.8, 4) is 6.07 Å². The number of fused-ring (bicyclic) bond motifs is 2. The molecule has 1 saturated carbocycles. The third-order valence-electron chi connectivity index (χ3n) is 4.87. The minimum atomic E-state index is 0.739. The van der Waals surface area contributed by atoms with Crippen molar-refractivity contribution in [2.24, 2.45) is 11.8 Å². The van der Waals surface area contributed by atoms with E-state index in [1.54, 1.807) is 0 Å². The van der Waals surface area contributed by atoms with Crippen molar-refractivity contribution in [1.29, 1.82) is 5.26 Å². The summed E-state index contributed by atoms with van der Waals surface area (Å²) in [7, 11) is 0. The van der Waals surface area contributed by atoms with Gasteiger partial charge in [0.25, 0.3) is 0 Å². The van der Waals surface area contributed by atoms with E-state index in [9.17, 15) is 5.26 Å². The lowest BCUT2D eigenvalue weighted by Crippen LogP contribution is -2.22. The van der Waals surface area contributed by atoms with Crippen LogP contribution in [0.25, 0.3) is 10.9 Å². The van der Waals surface area contributed by atoms with Crippen LogP contribution in [0.2, 0.25) is 0 Å². The molecule has 0 amide bonds. The Morgan fingerprint density at radius 1 is 1.15 bits per heavy atom. The van der Waals surface area contributed by atoms with Gasteiger partial charge in [-0.3, -0.25) is 0 Å². The Hall–Kier alpha value is -2.08. The predicted molar refractivity (Wildman–Crippen MR) is 79.5 cm³/mol. The molecule has 2 heterocycles. The molecule has 1 aromatic heterocycles. The van der Waals surface area contributed by atoms with Crippen LogP contribution in [-0.4, -0.2) is 18.1 Å². The van der Waals surface area contributed by atoms with Crippen LogP contribution in [-0.2, 0) is 0 Å². The average molecular weight is 263 g/mol. The molecule has 1 aliphatic heterocycles. The number of rotatable bonds is 1. The summed E-state index contributed by atoms with van der Waals surface area (Å²) in [6, 6.07) is 12.2. The lowest BCUT2D eigenvalue weighted by molar-refractivity contribution is 0.494. The second-order valence-corrected chi connectivity index (χ2v) is 6.01. The fourth-order valence-electron chi connectivity index (χ4n) is 3.84. The Kier molecular flexibility index (Phi) is 2.63. The van der Waals surface area contributed by atoms with Gasteiger partial charge >= 0.3 is 0 Å². The summed E-state index contributed by atoms with van der Waals surface area (Å²) in [6.45, 7) is 2.22. The summed E-state index contributed by atoms with van der Waals surface area (Å²) in [5.41, 5.74) is 1.67. The third kappa shape index (κ3) is 1.76. The summed E-state index contributed by atoms with van der Waals surface area (Å²) in [5.74, 6) is 2.66. The molecule has 2 fully saturated rings. The molecule has 0 spiro atoms. The van der Waals surface area contributed by atoms with Crippen molar-refractivity contribution in [1.82, 2.24) is 4.98 Å². The van der Waals surface area contributed by atoms with Crippen LogP contribution in [0.5, 0.6) is 0 Å². The summed E-state index contributed by atoms with van der Waals surface area (Å²) in [6.07, 6.45) is 4.11. The predicted octanol–water partition coefficient (Wildman–Crippen LogP) is 3.34. The van der Waals surface area contributed by atoms with Crippen LogP contribution < -0.4 is 4.90 Å². The number of para-hydroxylation sites is 1. The average Bonchev–Trinajstić information content (AvgIpc) is 3.07. The lowest BCUT2D eigenvalue weighted by Gasteiger charge is -2.19. The molecular weight excluding hydrogens is 246 g/mol. The number of pyridine rings is 1. The van der Waals surface area contributed by atoms with Gasteiger partial charge in [0.15, 0.2) is 0 Å². The van der Waals surface area contributed by atoms with E-state index in [0.717, 1.165) is 47.2 Å². The first kappa shape index (κ1) is 11.7. The molecule has 0 radical (unpaired) electrons. The van der Waals surface area contributed by atoms with Crippen molar-refractivity contribution in [2.75, 3.05) is 18.0 Å². The second-order valence-electron chi connectivity index (χ2n) is 6.01. The standard InChI is InChI=1S/C17H17N3/c18-9-14-8-17(19-16-7-2-1-6-15(14)16)20-10-12-4-3-5-13(12)11-20/h1-2,6-8,12-13H,3-5,10-11H2. The molecule has 1 aromatic carbocycles. The number of nitrogens with zero attached hydrogens (tertiary/aromatic N) is 3. The van der Waals surface area contributed by atoms with E-state index in [1.807, 2.05) is 30.3 Å². The number of hydrogen-bond acceptors (Lipinski definition) is 3. The maximum atomic E-state index is 9.37. The highest BCUT2D eigenvalue weighted by Gasteiger charge is 2.36. The summed E-state index contributed by atoms with van der Waals surface area (Å²) in [5, 5.41) is 10.3. The number of hydrogen-bond donors (Lipinski definition) is 0. The molecule has 0 N–H and O–H groups in total. The van der Waals surface area contributed by atoms with Gasteiger partial charge in [-0.2, -0.15) is 5.26 Å². The smallest absolute Gasteiger partial charge is 0.130 e. The van der Waals surface area contributed by atoms with Crippen molar-refractivity contribution in [3.63, 3.8) is 0 Å². The molecule has 3 heteroatoms. The van der Waals surface area contributed by atoms with Gasteiger partial charge in [-0.15, -0.1) is 0 Å². The molecular formula is C17H17N3. The maximum absolute atomic E-state index is 9.37. The Labute approximate surface area is 118 Å². The first-order chi connectivity index (χ1) is 9.85. The monoisotopic (exact) mass is 263 g/mol. The van der Waals surface area contributed by atoms with Gasteiger partial charge in [0.05, 0.1) is 17.1 Å². The van der Waals surface area contributed by atoms with Crippen LogP contribution in [0.3, 0.4) is 0 Å². The largest absolute Gasteiger partial charge is 0.356 e. The number of nitriles is 1. The van der Waals surface area contributed by atoms with Gasteiger partial charge in [-0.25, -0.2) is 4.98 Å². The van der Waals surface area contributed by atoms with Gasteiger partial charge in [-0.05, 0) is 36.8 Å². The molecule has 2 unspecified atom stereocenters. The molecule has 1 saturated heterocycles. The summed E-state index contributed by atoms with van der Waals surface area (Å²) in [4.78, 5) is 7.14. The van der Waals surface area contributed by atoms with Crippen LogP contribution >= 0.6 is 0 Å². The molecule has 20 heavy (non-hydrogen) atoms. The number of benzene rings is 1. The van der Waals surface area contributed by atoms with Crippen molar-refractivity contribution in [2.45, 2.75) is 19.3 Å². The minimum Gasteiger partial charge on any atom is -0.356 e. The van der Waals surface area contributed by atoms with Crippen LogP contribution in [0.4, 0.5) is 5.82 Å². The molecule has 4 rings (SSSR count). The number of anilines is 1. The zero-order valence-corrected chi connectivity index (χ0v) is 11.4. The fourth-order valence-corrected chi connectivity index (χ4v) is 3.84. The maximum Gasteiger partial charge on any atom is 0.130 e. The first-order valence-corrected chi connectivity index (χ1v) is 7.40. The minimum absolute atomic E-state index is 0.739. The second kappa shape index (κ2) is 4.49. The van der Waals surface area contributed by atoms with E-state index >= 15 is 0 Å². The molecule has 100 valence electrons. The van der Waals surface area contributed by atoms with Crippen molar-refractivity contribution >= 4 is 16.7 Å². The molecule has 3 nitrogen and oxygen atoms in total. The molecule has 2 atom stereocenters. The van der Waals surface area contributed by atoms with Crippen LogP contribution in [0.15, 0.2) is 30.3 Å². The fraction of sp³-hybridized carbons (Fsp3) is 0.412. The van der Waals surface area contributed by atoms with Gasteiger partial charge in [-0.1, -0.05) is 24.6 Å². The van der Waals surface area contributed by atoms with E-state index in [2.05, 4.69) is 11.0 Å². The first-order valence-electron chi connectivity index (χ1n) is 7.40. The lowest BCUT2D eigenvalue weighted by atomic mass is 10.0. The molecule has 0 bridgehead atoms. The third-order valence-corrected chi connectivity index (χ3v) is 4.87. The highest BCUT2D eigenvalue weighted by Crippen LogP contribution is 2.39. The van der Waals surface area contributed by atoms with E-state index in [0.29, 0.717) is 0 Å².